The second-order valence-electron chi connectivity index (χ2n) is 5.38. The number of nitrogens with zero attached hydrogens (tertiary/aromatic N) is 3. The molecule has 2 heterocycles. The predicted octanol–water partition coefficient (Wildman–Crippen LogP) is 4.55. The zero-order chi connectivity index (χ0) is 16.5. The molecule has 4 nitrogen and oxygen atoms in total. The van der Waals surface area contributed by atoms with Gasteiger partial charge < -0.3 is 0 Å². The molecule has 0 bridgehead atoms. The second kappa shape index (κ2) is 5.91. The van der Waals surface area contributed by atoms with Crippen LogP contribution in [0, 0.1) is 0 Å². The largest absolute Gasteiger partial charge is 0.298 e. The van der Waals surface area contributed by atoms with E-state index in [-0.39, 0.29) is 0 Å². The van der Waals surface area contributed by atoms with Gasteiger partial charge in [-0.25, -0.2) is 9.67 Å². The first-order chi connectivity index (χ1) is 11.8. The van der Waals surface area contributed by atoms with Gasteiger partial charge in [-0.2, -0.15) is 0 Å². The lowest BCUT2D eigenvalue weighted by Crippen LogP contribution is -1.96. The molecule has 5 heteroatoms. The number of pyridine rings is 1. The van der Waals surface area contributed by atoms with Crippen LogP contribution in [0.4, 0.5) is 0 Å². The van der Waals surface area contributed by atoms with Crippen LogP contribution in [0.25, 0.3) is 27.8 Å². The third kappa shape index (κ3) is 2.47. The summed E-state index contributed by atoms with van der Waals surface area (Å²) in [6, 6.07) is 17.5. The average Bonchev–Trinajstić information content (AvgIpc) is 3.05. The first-order valence-electron chi connectivity index (χ1n) is 7.41. The monoisotopic (exact) mass is 333 g/mol. The standard InChI is InChI=1S/C19H12ClN3O/c20-18-16(14-5-2-1-3-6-14)7-4-8-17(18)23-11-15-9-13(12-24)10-21-19(15)22-23/h1-12H. The number of hydrogen-bond donors (Lipinski definition) is 0. The summed E-state index contributed by atoms with van der Waals surface area (Å²) >= 11 is 6.63. The molecule has 2 aromatic heterocycles. The molecule has 0 unspecified atom stereocenters. The Morgan fingerprint density at radius 3 is 2.67 bits per heavy atom. The minimum absolute atomic E-state index is 0.520. The van der Waals surface area contributed by atoms with Crippen LogP contribution in [0.15, 0.2) is 67.0 Å². The first-order valence-corrected chi connectivity index (χ1v) is 7.79. The summed E-state index contributed by atoms with van der Waals surface area (Å²) in [5.41, 5.74) is 3.84. The van der Waals surface area contributed by atoms with E-state index in [1.165, 1.54) is 6.20 Å². The van der Waals surface area contributed by atoms with Gasteiger partial charge in [-0.3, -0.25) is 4.79 Å². The molecule has 0 fully saturated rings. The Kier molecular flexibility index (Phi) is 3.59. The summed E-state index contributed by atoms with van der Waals surface area (Å²) in [7, 11) is 0. The molecular weight excluding hydrogens is 322 g/mol. The maximum atomic E-state index is 10.9. The van der Waals surface area contributed by atoms with E-state index in [0.29, 0.717) is 16.2 Å². The van der Waals surface area contributed by atoms with Crippen molar-refractivity contribution in [3.05, 3.63) is 77.6 Å². The third-order valence-corrected chi connectivity index (χ3v) is 4.22. The third-order valence-electron chi connectivity index (χ3n) is 3.83. The van der Waals surface area contributed by atoms with E-state index in [1.807, 2.05) is 54.7 Å². The summed E-state index contributed by atoms with van der Waals surface area (Å²) < 4.78 is 1.70. The lowest BCUT2D eigenvalue weighted by Gasteiger charge is -2.09. The number of aromatic nitrogens is 3. The minimum Gasteiger partial charge on any atom is -0.298 e. The van der Waals surface area contributed by atoms with Crippen LogP contribution in [-0.4, -0.2) is 21.1 Å². The van der Waals surface area contributed by atoms with Crippen molar-refractivity contribution in [1.82, 2.24) is 14.8 Å². The first kappa shape index (κ1) is 14.6. The van der Waals surface area contributed by atoms with Gasteiger partial charge in [-0.15, -0.1) is 5.10 Å². The number of fused-ring (bicyclic) bond motifs is 1. The minimum atomic E-state index is 0.520. The van der Waals surface area contributed by atoms with Crippen LogP contribution < -0.4 is 0 Å². The van der Waals surface area contributed by atoms with Gasteiger partial charge in [0.25, 0.3) is 0 Å². The van der Waals surface area contributed by atoms with E-state index in [1.54, 1.807) is 10.7 Å². The van der Waals surface area contributed by atoms with Crippen molar-refractivity contribution in [2.45, 2.75) is 0 Å². The SMILES string of the molecule is O=Cc1cnc2nn(-c3cccc(-c4ccccc4)c3Cl)cc2c1. The molecule has 0 aliphatic carbocycles. The Bertz CT molecular complexity index is 1040. The van der Waals surface area contributed by atoms with Crippen molar-refractivity contribution >= 4 is 28.9 Å². The smallest absolute Gasteiger partial charge is 0.181 e. The van der Waals surface area contributed by atoms with Crippen LogP contribution in [0.5, 0.6) is 0 Å². The van der Waals surface area contributed by atoms with Crippen molar-refractivity contribution in [2.75, 3.05) is 0 Å². The van der Waals surface area contributed by atoms with E-state index in [9.17, 15) is 4.79 Å². The summed E-state index contributed by atoms with van der Waals surface area (Å²) in [5, 5.41) is 5.87. The Balaban J connectivity index is 1.86. The van der Waals surface area contributed by atoms with Crippen molar-refractivity contribution in [1.29, 1.82) is 0 Å². The van der Waals surface area contributed by atoms with Crippen LogP contribution >= 0.6 is 11.6 Å². The van der Waals surface area contributed by atoms with Crippen molar-refractivity contribution in [3.63, 3.8) is 0 Å². The molecule has 0 N–H and O–H groups in total. The molecular formula is C19H12ClN3O. The number of carbonyl (C=O) groups is 1. The van der Waals surface area contributed by atoms with E-state index >= 15 is 0 Å². The molecule has 2 aromatic carbocycles. The Morgan fingerprint density at radius 2 is 1.88 bits per heavy atom. The molecule has 0 radical (unpaired) electrons. The molecule has 0 saturated heterocycles. The summed E-state index contributed by atoms with van der Waals surface area (Å²) in [6.45, 7) is 0. The second-order valence-corrected chi connectivity index (χ2v) is 5.76. The van der Waals surface area contributed by atoms with E-state index in [4.69, 9.17) is 11.6 Å². The van der Waals surface area contributed by atoms with E-state index in [2.05, 4.69) is 10.1 Å². The number of aldehydes is 1. The van der Waals surface area contributed by atoms with Crippen LogP contribution in [-0.2, 0) is 0 Å². The zero-order valence-electron chi connectivity index (χ0n) is 12.6. The molecule has 4 aromatic rings. The average molecular weight is 334 g/mol. The molecule has 0 saturated carbocycles. The van der Waals surface area contributed by atoms with E-state index < -0.39 is 0 Å². The number of hydrogen-bond acceptors (Lipinski definition) is 3. The van der Waals surface area contributed by atoms with Gasteiger partial charge in [0.05, 0.1) is 10.7 Å². The normalized spacial score (nSPS) is 10.9. The lowest BCUT2D eigenvalue weighted by atomic mass is 10.1. The van der Waals surface area contributed by atoms with Crippen molar-refractivity contribution in [3.8, 4) is 16.8 Å². The molecule has 0 aliphatic rings. The Labute approximate surface area is 143 Å². The number of rotatable bonds is 3. The van der Waals surface area contributed by atoms with Gasteiger partial charge in [-0.1, -0.05) is 54.1 Å². The fourth-order valence-corrected chi connectivity index (χ4v) is 2.98. The van der Waals surface area contributed by atoms with Crippen LogP contribution in [0.2, 0.25) is 5.02 Å². The molecule has 0 spiro atoms. The number of carbonyl (C=O) groups excluding carboxylic acids is 1. The van der Waals surface area contributed by atoms with Crippen molar-refractivity contribution < 1.29 is 4.79 Å². The summed E-state index contributed by atoms with van der Waals surface area (Å²) in [4.78, 5) is 15.1. The highest BCUT2D eigenvalue weighted by molar-refractivity contribution is 6.35. The topological polar surface area (TPSA) is 47.8 Å². The van der Waals surface area contributed by atoms with Crippen LogP contribution in [0.1, 0.15) is 10.4 Å². The summed E-state index contributed by atoms with van der Waals surface area (Å²) in [5.74, 6) is 0. The van der Waals surface area contributed by atoms with Gasteiger partial charge in [0.1, 0.15) is 0 Å². The fraction of sp³-hybridized carbons (Fsp3) is 0. The predicted molar refractivity (Wildman–Crippen MR) is 94.7 cm³/mol. The molecule has 0 aliphatic heterocycles. The van der Waals surface area contributed by atoms with Gasteiger partial charge in [0.15, 0.2) is 11.9 Å². The Hall–Kier alpha value is -2.98. The maximum absolute atomic E-state index is 10.9. The fourth-order valence-electron chi connectivity index (χ4n) is 2.66. The molecule has 116 valence electrons. The molecule has 4 rings (SSSR count). The zero-order valence-corrected chi connectivity index (χ0v) is 13.3. The highest BCUT2D eigenvalue weighted by atomic mass is 35.5. The van der Waals surface area contributed by atoms with E-state index in [0.717, 1.165) is 28.5 Å². The van der Waals surface area contributed by atoms with Crippen molar-refractivity contribution in [2.24, 2.45) is 0 Å². The van der Waals surface area contributed by atoms with Crippen LogP contribution in [0.3, 0.4) is 0 Å². The van der Waals surface area contributed by atoms with Gasteiger partial charge in [-0.05, 0) is 17.7 Å². The quantitative estimate of drug-likeness (QED) is 0.517. The maximum Gasteiger partial charge on any atom is 0.181 e. The molecule has 24 heavy (non-hydrogen) atoms. The number of benzene rings is 2. The highest BCUT2D eigenvalue weighted by Gasteiger charge is 2.12. The van der Waals surface area contributed by atoms with Gasteiger partial charge in [0, 0.05) is 28.9 Å². The van der Waals surface area contributed by atoms with Gasteiger partial charge in [0.2, 0.25) is 0 Å². The van der Waals surface area contributed by atoms with Gasteiger partial charge >= 0.3 is 0 Å². The number of halogens is 1. The molecule has 0 amide bonds. The molecule has 0 atom stereocenters. The highest BCUT2D eigenvalue weighted by Crippen LogP contribution is 2.32. The lowest BCUT2D eigenvalue weighted by molar-refractivity contribution is 0.112. The Morgan fingerprint density at radius 1 is 1.04 bits per heavy atom. The summed E-state index contributed by atoms with van der Waals surface area (Å²) in [6.07, 6.45) is 4.10.